The first-order chi connectivity index (χ1) is 5.47. The standard InChI is InChI=1S/C6H10N3OS/c1-3-9(4-2-7-1)6-5-10-8-11-6/h5,7H,1-4H2. The van der Waals surface area contributed by atoms with Gasteiger partial charge in [0, 0.05) is 43.0 Å². The van der Waals surface area contributed by atoms with Crippen LogP contribution in [-0.2, 0) is 4.84 Å². The number of hydrogen-bond acceptors (Lipinski definition) is 4. The molecule has 0 atom stereocenters. The normalized spacial score (nSPS) is 24.7. The van der Waals surface area contributed by atoms with Crippen molar-refractivity contribution in [2.24, 2.45) is 0 Å². The van der Waals surface area contributed by atoms with Gasteiger partial charge in [-0.3, -0.25) is 0 Å². The zero-order chi connectivity index (χ0) is 7.52. The molecule has 1 radical (unpaired) electrons. The molecule has 4 nitrogen and oxygen atoms in total. The van der Waals surface area contributed by atoms with Gasteiger partial charge in [0.25, 0.3) is 0 Å². The van der Waals surface area contributed by atoms with Crippen LogP contribution in [0.2, 0.25) is 0 Å². The van der Waals surface area contributed by atoms with Crippen molar-refractivity contribution in [2.45, 2.75) is 0 Å². The molecule has 0 amide bonds. The Kier molecular flexibility index (Phi) is 2.21. The third-order valence-electron chi connectivity index (χ3n) is 1.76. The minimum Gasteiger partial charge on any atom is -0.381 e. The summed E-state index contributed by atoms with van der Waals surface area (Å²) in [5, 5.41) is 4.42. The first-order valence-electron chi connectivity index (χ1n) is 3.66. The predicted molar refractivity (Wildman–Crippen MR) is 43.3 cm³/mol. The van der Waals surface area contributed by atoms with E-state index in [0.717, 1.165) is 31.2 Å². The molecule has 0 spiro atoms. The predicted octanol–water partition coefficient (Wildman–Crippen LogP) is -0.112. The molecule has 1 fully saturated rings. The van der Waals surface area contributed by atoms with E-state index in [1.807, 2.05) is 0 Å². The van der Waals surface area contributed by atoms with E-state index in [0.29, 0.717) is 0 Å². The van der Waals surface area contributed by atoms with Gasteiger partial charge in [-0.1, -0.05) is 0 Å². The Balaban J connectivity index is 1.92. The van der Waals surface area contributed by atoms with E-state index in [9.17, 15) is 0 Å². The highest BCUT2D eigenvalue weighted by Gasteiger charge is 2.17. The second-order valence-electron chi connectivity index (χ2n) is 2.46. The van der Waals surface area contributed by atoms with Crippen molar-refractivity contribution in [1.29, 1.82) is 0 Å². The summed E-state index contributed by atoms with van der Waals surface area (Å²) in [5.41, 5.74) is 0. The summed E-state index contributed by atoms with van der Waals surface area (Å²) in [6, 6.07) is 0. The highest BCUT2D eigenvalue weighted by atomic mass is 32.2. The third-order valence-corrected chi connectivity index (χ3v) is 2.46. The summed E-state index contributed by atoms with van der Waals surface area (Å²) in [6.07, 6.45) is 1.70. The van der Waals surface area contributed by atoms with Gasteiger partial charge in [-0.2, -0.15) is 0 Å². The van der Waals surface area contributed by atoms with Crippen LogP contribution in [-0.4, -0.2) is 31.1 Å². The maximum Gasteiger partial charge on any atom is 0.146 e. The van der Waals surface area contributed by atoms with Crippen molar-refractivity contribution in [1.82, 2.24) is 15.1 Å². The van der Waals surface area contributed by atoms with Crippen LogP contribution in [0.1, 0.15) is 0 Å². The second-order valence-corrected chi connectivity index (χ2v) is 3.21. The van der Waals surface area contributed by atoms with Crippen LogP contribution >= 0.6 is 11.9 Å². The van der Waals surface area contributed by atoms with Gasteiger partial charge in [0.2, 0.25) is 0 Å². The molecule has 2 aliphatic rings. The molecule has 2 aliphatic heterocycles. The topological polar surface area (TPSA) is 38.6 Å². The first-order valence-corrected chi connectivity index (χ1v) is 4.43. The van der Waals surface area contributed by atoms with Crippen LogP contribution in [0.5, 0.6) is 0 Å². The molecule has 5 heteroatoms. The van der Waals surface area contributed by atoms with E-state index in [-0.39, 0.29) is 0 Å². The highest BCUT2D eigenvalue weighted by Crippen LogP contribution is 2.23. The van der Waals surface area contributed by atoms with Gasteiger partial charge in [0.1, 0.15) is 11.3 Å². The van der Waals surface area contributed by atoms with Gasteiger partial charge >= 0.3 is 0 Å². The molecule has 2 rings (SSSR count). The van der Waals surface area contributed by atoms with Crippen LogP contribution in [0.15, 0.2) is 11.3 Å². The van der Waals surface area contributed by atoms with Crippen LogP contribution in [0.25, 0.3) is 0 Å². The fraction of sp³-hybridized carbons (Fsp3) is 0.667. The summed E-state index contributed by atoms with van der Waals surface area (Å²) >= 11 is 1.41. The van der Waals surface area contributed by atoms with Gasteiger partial charge in [-0.25, -0.2) is 0 Å². The number of piperazine rings is 1. The molecule has 0 aromatic carbocycles. The van der Waals surface area contributed by atoms with Crippen LogP contribution < -0.4 is 10.2 Å². The number of hydrogen-bond donors (Lipinski definition) is 1. The average molecular weight is 172 g/mol. The van der Waals surface area contributed by atoms with Crippen molar-refractivity contribution in [3.05, 3.63) is 11.3 Å². The van der Waals surface area contributed by atoms with Crippen molar-refractivity contribution in [3.8, 4) is 0 Å². The van der Waals surface area contributed by atoms with Crippen molar-refractivity contribution in [2.75, 3.05) is 26.2 Å². The Bertz CT molecular complexity index is 167. The molecule has 1 saturated heterocycles. The van der Waals surface area contributed by atoms with E-state index in [1.165, 1.54) is 11.9 Å². The minimum atomic E-state index is 1.05. The Labute approximate surface area is 70.0 Å². The molecule has 1 N–H and O–H groups in total. The molecule has 0 aliphatic carbocycles. The van der Waals surface area contributed by atoms with E-state index >= 15 is 0 Å². The van der Waals surface area contributed by atoms with E-state index in [4.69, 9.17) is 4.84 Å². The molecule has 11 heavy (non-hydrogen) atoms. The zero-order valence-electron chi connectivity index (χ0n) is 6.12. The van der Waals surface area contributed by atoms with Gasteiger partial charge in [-0.15, -0.1) is 0 Å². The van der Waals surface area contributed by atoms with Gasteiger partial charge in [0.05, 0.1) is 0 Å². The van der Waals surface area contributed by atoms with Crippen molar-refractivity contribution in [3.63, 3.8) is 0 Å². The quantitative estimate of drug-likeness (QED) is 0.560. The maximum absolute atomic E-state index is 4.77. The number of rotatable bonds is 1. The summed E-state index contributed by atoms with van der Waals surface area (Å²) in [6.45, 7) is 4.21. The first kappa shape index (κ1) is 7.27. The van der Waals surface area contributed by atoms with E-state index in [1.54, 1.807) is 6.26 Å². The molecule has 0 bridgehead atoms. The van der Waals surface area contributed by atoms with Crippen molar-refractivity contribution >= 4 is 11.9 Å². The van der Waals surface area contributed by atoms with Gasteiger partial charge < -0.3 is 15.1 Å². The monoisotopic (exact) mass is 172 g/mol. The molecular weight excluding hydrogens is 162 g/mol. The lowest BCUT2D eigenvalue weighted by Gasteiger charge is -2.28. The molecule has 0 saturated carbocycles. The maximum atomic E-state index is 4.77. The number of nitrogens with one attached hydrogen (secondary N) is 1. The lowest BCUT2D eigenvalue weighted by molar-refractivity contribution is 0.209. The van der Waals surface area contributed by atoms with Crippen LogP contribution in [0.4, 0.5) is 0 Å². The third kappa shape index (κ3) is 1.61. The van der Waals surface area contributed by atoms with Crippen molar-refractivity contribution < 1.29 is 4.84 Å². The molecule has 2 heterocycles. The number of nitrogens with zero attached hydrogens (tertiary/aromatic N) is 2. The Hall–Kier alpha value is -0.390. The lowest BCUT2D eigenvalue weighted by atomic mass is 10.4. The highest BCUT2D eigenvalue weighted by molar-refractivity contribution is 8.01. The Morgan fingerprint density at radius 3 is 3.00 bits per heavy atom. The summed E-state index contributed by atoms with van der Waals surface area (Å²) in [7, 11) is 0. The lowest BCUT2D eigenvalue weighted by Crippen LogP contribution is -2.42. The summed E-state index contributed by atoms with van der Waals surface area (Å²) < 4.78 is 0. The second kappa shape index (κ2) is 3.34. The fourth-order valence-corrected chi connectivity index (χ4v) is 1.71. The zero-order valence-corrected chi connectivity index (χ0v) is 6.93. The Morgan fingerprint density at radius 1 is 1.55 bits per heavy atom. The van der Waals surface area contributed by atoms with E-state index < -0.39 is 0 Å². The average Bonchev–Trinajstić information content (AvgIpc) is 2.58. The van der Waals surface area contributed by atoms with E-state index in [2.05, 4.69) is 15.1 Å². The van der Waals surface area contributed by atoms with Gasteiger partial charge in [0.15, 0.2) is 0 Å². The fourth-order valence-electron chi connectivity index (χ4n) is 1.17. The van der Waals surface area contributed by atoms with Crippen LogP contribution in [0, 0.1) is 0 Å². The summed E-state index contributed by atoms with van der Waals surface area (Å²) in [4.78, 5) is 10.8. The molecule has 0 aromatic heterocycles. The van der Waals surface area contributed by atoms with Crippen LogP contribution in [0.3, 0.4) is 0 Å². The minimum absolute atomic E-state index is 1.05. The largest absolute Gasteiger partial charge is 0.381 e. The Morgan fingerprint density at radius 2 is 2.36 bits per heavy atom. The SMILES string of the molecule is C1=C(N2CCNCC2)S[N]O1. The molecule has 0 aromatic rings. The smallest absolute Gasteiger partial charge is 0.146 e. The summed E-state index contributed by atoms with van der Waals surface area (Å²) in [5.74, 6) is 0. The van der Waals surface area contributed by atoms with Gasteiger partial charge in [-0.05, 0) is 0 Å². The molecule has 61 valence electrons. The molecular formula is C6H10N3OS. The molecule has 0 unspecified atom stereocenters.